The Morgan fingerprint density at radius 2 is 1.85 bits per heavy atom. The minimum Gasteiger partial charge on any atom is -0.352 e. The van der Waals surface area contributed by atoms with E-state index < -0.39 is 0 Å². The molecule has 8 heteroatoms. The normalized spacial score (nSPS) is 23.6. The van der Waals surface area contributed by atoms with E-state index in [1.807, 2.05) is 24.3 Å². The van der Waals surface area contributed by atoms with Crippen molar-refractivity contribution in [2.24, 2.45) is 5.92 Å². The zero-order valence-electron chi connectivity index (χ0n) is 14.5. The first-order valence-electron chi connectivity index (χ1n) is 8.73. The lowest BCUT2D eigenvalue weighted by atomic mass is 9.89. The molecule has 4 rings (SSSR count). The molecular weight excluding hydrogens is 373 g/mol. The van der Waals surface area contributed by atoms with E-state index in [2.05, 4.69) is 20.7 Å². The molecule has 2 saturated heterocycles. The molecule has 2 N–H and O–H groups in total. The lowest BCUT2D eigenvalue weighted by molar-refractivity contribution is -0.122. The fraction of sp³-hybridized carbons (Fsp3) is 0.500. The number of aromatic nitrogens is 3. The standard InChI is InChI=1S/C18H23N5O.2ClH/c24-18(9-14-7-15-3-4-16(8-14)22-15)20-10-13-1-5-17(6-2-13)23-12-19-11-21-23;;/h1-2,5-6,11-12,14-16,22H,3-4,7-10H2,(H,20,24);2*1H. The van der Waals surface area contributed by atoms with Gasteiger partial charge in [-0.05, 0) is 49.3 Å². The van der Waals surface area contributed by atoms with Crippen molar-refractivity contribution in [2.75, 3.05) is 0 Å². The van der Waals surface area contributed by atoms with Gasteiger partial charge in [-0.15, -0.1) is 24.8 Å². The maximum absolute atomic E-state index is 12.2. The number of hydrogen-bond donors (Lipinski definition) is 2. The SMILES string of the molecule is Cl.Cl.O=C(CC1CC2CCC(C1)N2)NCc1ccc(-n2cncn2)cc1. The average Bonchev–Trinajstić information content (AvgIpc) is 3.23. The summed E-state index contributed by atoms with van der Waals surface area (Å²) in [6.07, 6.45) is 8.70. The van der Waals surface area contributed by atoms with Crippen LogP contribution in [-0.4, -0.2) is 32.8 Å². The second-order valence-corrected chi connectivity index (χ2v) is 6.96. The molecule has 1 aromatic carbocycles. The monoisotopic (exact) mass is 397 g/mol. The summed E-state index contributed by atoms with van der Waals surface area (Å²) in [5, 5.41) is 10.8. The van der Waals surface area contributed by atoms with Crippen molar-refractivity contribution in [1.82, 2.24) is 25.4 Å². The zero-order valence-corrected chi connectivity index (χ0v) is 16.1. The van der Waals surface area contributed by atoms with Crippen molar-refractivity contribution in [1.29, 1.82) is 0 Å². The molecule has 2 aromatic rings. The highest BCUT2D eigenvalue weighted by atomic mass is 35.5. The first-order chi connectivity index (χ1) is 11.8. The van der Waals surface area contributed by atoms with Gasteiger partial charge >= 0.3 is 0 Å². The van der Waals surface area contributed by atoms with Crippen LogP contribution in [0.3, 0.4) is 0 Å². The van der Waals surface area contributed by atoms with Gasteiger partial charge in [-0.2, -0.15) is 5.10 Å². The Balaban J connectivity index is 0.00000121. The van der Waals surface area contributed by atoms with Gasteiger partial charge in [0, 0.05) is 25.0 Å². The third kappa shape index (κ3) is 4.96. The van der Waals surface area contributed by atoms with Crippen LogP contribution in [0.25, 0.3) is 5.69 Å². The molecule has 2 fully saturated rings. The first-order valence-corrected chi connectivity index (χ1v) is 8.73. The number of hydrogen-bond acceptors (Lipinski definition) is 4. The Kier molecular flexibility index (Phi) is 7.43. The molecule has 2 aliphatic rings. The number of nitrogens with one attached hydrogen (secondary N) is 2. The molecule has 2 aliphatic heterocycles. The second kappa shape index (κ2) is 9.35. The summed E-state index contributed by atoms with van der Waals surface area (Å²) < 4.78 is 1.72. The molecule has 2 bridgehead atoms. The van der Waals surface area contributed by atoms with E-state index in [9.17, 15) is 4.79 Å². The Bertz CT molecular complexity index is 680. The fourth-order valence-electron chi connectivity index (χ4n) is 3.98. The molecule has 1 amide bonds. The van der Waals surface area contributed by atoms with Crippen LogP contribution in [0.2, 0.25) is 0 Å². The summed E-state index contributed by atoms with van der Waals surface area (Å²) in [6, 6.07) is 9.29. The number of carbonyl (C=O) groups is 1. The summed E-state index contributed by atoms with van der Waals surface area (Å²) in [5.74, 6) is 0.708. The maximum Gasteiger partial charge on any atom is 0.220 e. The van der Waals surface area contributed by atoms with Crippen molar-refractivity contribution in [3.05, 3.63) is 42.5 Å². The van der Waals surface area contributed by atoms with Crippen LogP contribution in [-0.2, 0) is 11.3 Å². The average molecular weight is 398 g/mol. The van der Waals surface area contributed by atoms with Crippen LogP contribution in [0.15, 0.2) is 36.9 Å². The second-order valence-electron chi connectivity index (χ2n) is 6.96. The molecule has 26 heavy (non-hydrogen) atoms. The van der Waals surface area contributed by atoms with Gasteiger partial charge in [-0.25, -0.2) is 9.67 Å². The summed E-state index contributed by atoms with van der Waals surface area (Å²) >= 11 is 0. The Morgan fingerprint density at radius 1 is 1.15 bits per heavy atom. The first kappa shape index (κ1) is 20.7. The molecule has 0 spiro atoms. The van der Waals surface area contributed by atoms with E-state index in [4.69, 9.17) is 0 Å². The van der Waals surface area contributed by atoms with Gasteiger partial charge in [-0.1, -0.05) is 12.1 Å². The molecule has 0 saturated carbocycles. The van der Waals surface area contributed by atoms with Crippen LogP contribution in [0.1, 0.15) is 37.7 Å². The lowest BCUT2D eigenvalue weighted by Gasteiger charge is -2.28. The van der Waals surface area contributed by atoms with Gasteiger partial charge in [0.05, 0.1) is 5.69 Å². The topological polar surface area (TPSA) is 71.8 Å². The van der Waals surface area contributed by atoms with Gasteiger partial charge in [0.1, 0.15) is 12.7 Å². The Hall–Kier alpha value is -1.63. The largest absolute Gasteiger partial charge is 0.352 e. The Morgan fingerprint density at radius 3 is 2.46 bits per heavy atom. The summed E-state index contributed by atoms with van der Waals surface area (Å²) in [5.41, 5.74) is 2.06. The smallest absolute Gasteiger partial charge is 0.220 e. The van der Waals surface area contributed by atoms with Crippen molar-refractivity contribution in [3.8, 4) is 5.69 Å². The number of piperidine rings is 1. The van der Waals surface area contributed by atoms with Crippen molar-refractivity contribution in [2.45, 2.75) is 50.7 Å². The highest BCUT2D eigenvalue weighted by Gasteiger charge is 2.34. The predicted molar refractivity (Wildman–Crippen MR) is 105 cm³/mol. The number of amides is 1. The fourth-order valence-corrected chi connectivity index (χ4v) is 3.98. The number of rotatable bonds is 5. The summed E-state index contributed by atoms with van der Waals surface area (Å²) in [4.78, 5) is 16.2. The number of carbonyl (C=O) groups excluding carboxylic acids is 1. The number of halogens is 2. The molecule has 0 aliphatic carbocycles. The van der Waals surface area contributed by atoms with Gasteiger partial charge in [0.15, 0.2) is 0 Å². The van der Waals surface area contributed by atoms with Crippen LogP contribution >= 0.6 is 24.8 Å². The zero-order chi connectivity index (χ0) is 16.4. The minimum absolute atomic E-state index is 0. The third-order valence-electron chi connectivity index (χ3n) is 5.15. The minimum atomic E-state index is 0. The van der Waals surface area contributed by atoms with Gasteiger partial charge in [0.25, 0.3) is 0 Å². The van der Waals surface area contributed by atoms with Crippen LogP contribution in [0, 0.1) is 5.92 Å². The molecule has 6 nitrogen and oxygen atoms in total. The van der Waals surface area contributed by atoms with Gasteiger partial charge < -0.3 is 10.6 Å². The molecule has 142 valence electrons. The number of nitrogens with zero attached hydrogens (tertiary/aromatic N) is 3. The molecular formula is C18H25Cl2N5O. The van der Waals surface area contributed by atoms with Gasteiger partial charge in [0.2, 0.25) is 5.91 Å². The molecule has 1 aromatic heterocycles. The summed E-state index contributed by atoms with van der Waals surface area (Å²) in [6.45, 7) is 0.578. The lowest BCUT2D eigenvalue weighted by Crippen LogP contribution is -2.39. The van der Waals surface area contributed by atoms with E-state index in [1.165, 1.54) is 19.2 Å². The third-order valence-corrected chi connectivity index (χ3v) is 5.15. The van der Waals surface area contributed by atoms with E-state index in [0.717, 1.165) is 24.1 Å². The van der Waals surface area contributed by atoms with E-state index in [-0.39, 0.29) is 30.7 Å². The van der Waals surface area contributed by atoms with Crippen molar-refractivity contribution < 1.29 is 4.79 Å². The predicted octanol–water partition coefficient (Wildman–Crippen LogP) is 2.65. The molecule has 2 atom stereocenters. The highest BCUT2D eigenvalue weighted by Crippen LogP contribution is 2.32. The number of benzene rings is 1. The highest BCUT2D eigenvalue weighted by molar-refractivity contribution is 5.85. The number of fused-ring (bicyclic) bond motifs is 2. The summed E-state index contributed by atoms with van der Waals surface area (Å²) in [7, 11) is 0. The van der Waals surface area contributed by atoms with Crippen LogP contribution in [0.5, 0.6) is 0 Å². The van der Waals surface area contributed by atoms with E-state index >= 15 is 0 Å². The van der Waals surface area contributed by atoms with Gasteiger partial charge in [-0.3, -0.25) is 4.79 Å². The Labute approximate surface area is 166 Å². The van der Waals surface area contributed by atoms with E-state index in [0.29, 0.717) is 31.0 Å². The van der Waals surface area contributed by atoms with Crippen molar-refractivity contribution >= 4 is 30.7 Å². The van der Waals surface area contributed by atoms with Crippen LogP contribution in [0.4, 0.5) is 0 Å². The van der Waals surface area contributed by atoms with Crippen molar-refractivity contribution in [3.63, 3.8) is 0 Å². The molecule has 3 heterocycles. The van der Waals surface area contributed by atoms with E-state index in [1.54, 1.807) is 11.0 Å². The maximum atomic E-state index is 12.2. The molecule has 2 unspecified atom stereocenters. The van der Waals surface area contributed by atoms with Crippen LogP contribution < -0.4 is 10.6 Å². The quantitative estimate of drug-likeness (QED) is 0.813. The molecule has 0 radical (unpaired) electrons.